The van der Waals surface area contributed by atoms with Crippen LogP contribution < -0.4 is 5.32 Å². The first-order valence-corrected chi connectivity index (χ1v) is 7.80. The molecule has 7 heteroatoms. The first kappa shape index (κ1) is 16.7. The summed E-state index contributed by atoms with van der Waals surface area (Å²) in [7, 11) is 0. The van der Waals surface area contributed by atoms with Gasteiger partial charge in [0.05, 0.1) is 11.8 Å². The highest BCUT2D eigenvalue weighted by molar-refractivity contribution is 5.61. The van der Waals surface area contributed by atoms with Crippen LogP contribution in [0.2, 0.25) is 0 Å². The third-order valence-corrected chi connectivity index (χ3v) is 3.88. The smallest absolute Gasteiger partial charge is 0.376 e. The molecule has 24 heavy (non-hydrogen) atoms. The number of nitrogens with one attached hydrogen (secondary N) is 1. The van der Waals surface area contributed by atoms with Gasteiger partial charge in [0.25, 0.3) is 0 Å². The molecule has 1 saturated heterocycles. The molecule has 2 heterocycles. The van der Waals surface area contributed by atoms with Gasteiger partial charge in [0, 0.05) is 18.7 Å². The van der Waals surface area contributed by atoms with Gasteiger partial charge in [-0.05, 0) is 25.8 Å². The molecular formula is C17H18F3N3O. The Morgan fingerprint density at radius 1 is 1.21 bits per heavy atom. The lowest BCUT2D eigenvalue weighted by atomic mass is 10.1. The topological polar surface area (TPSA) is 47.0 Å². The van der Waals surface area contributed by atoms with Crippen molar-refractivity contribution < 1.29 is 17.9 Å². The maximum absolute atomic E-state index is 13.1. The fourth-order valence-electron chi connectivity index (χ4n) is 2.55. The summed E-state index contributed by atoms with van der Waals surface area (Å²) in [6, 6.07) is 8.15. The van der Waals surface area contributed by atoms with E-state index < -0.39 is 11.9 Å². The number of halogens is 3. The first-order valence-electron chi connectivity index (χ1n) is 7.80. The summed E-state index contributed by atoms with van der Waals surface area (Å²) in [4.78, 5) is 7.84. The summed E-state index contributed by atoms with van der Waals surface area (Å²) in [5, 5.41) is 2.87. The van der Waals surface area contributed by atoms with Crippen molar-refractivity contribution >= 4 is 5.95 Å². The minimum Gasteiger partial charge on any atom is -0.376 e. The summed E-state index contributed by atoms with van der Waals surface area (Å²) in [5.74, 6) is -0.0316. The van der Waals surface area contributed by atoms with Crippen LogP contribution >= 0.6 is 0 Å². The third-order valence-electron chi connectivity index (χ3n) is 3.88. The van der Waals surface area contributed by atoms with Crippen molar-refractivity contribution in [2.45, 2.75) is 32.0 Å². The number of hydrogen-bond donors (Lipinski definition) is 1. The molecule has 1 unspecified atom stereocenters. The maximum Gasteiger partial charge on any atom is 0.433 e. The predicted molar refractivity (Wildman–Crippen MR) is 84.7 cm³/mol. The fraction of sp³-hybridized carbons (Fsp3) is 0.412. The molecule has 0 aliphatic carbocycles. The third kappa shape index (κ3) is 4.03. The first-order chi connectivity index (χ1) is 11.4. The van der Waals surface area contributed by atoms with Gasteiger partial charge in [-0.2, -0.15) is 13.2 Å². The van der Waals surface area contributed by atoms with Gasteiger partial charge >= 0.3 is 6.18 Å². The quantitative estimate of drug-likeness (QED) is 0.914. The SMILES string of the molecule is Cc1ccc(-c2cc(C(F)(F)F)nc(NCC3CCCO3)n2)cc1. The van der Waals surface area contributed by atoms with E-state index in [1.165, 1.54) is 0 Å². The van der Waals surface area contributed by atoms with Gasteiger partial charge < -0.3 is 10.1 Å². The zero-order valence-electron chi connectivity index (χ0n) is 13.2. The van der Waals surface area contributed by atoms with Gasteiger partial charge in [0.1, 0.15) is 0 Å². The molecule has 1 aromatic carbocycles. The molecule has 0 spiro atoms. The van der Waals surface area contributed by atoms with E-state index in [2.05, 4.69) is 15.3 Å². The van der Waals surface area contributed by atoms with Crippen LogP contribution in [0.25, 0.3) is 11.3 Å². The van der Waals surface area contributed by atoms with Crippen LogP contribution in [0.1, 0.15) is 24.1 Å². The van der Waals surface area contributed by atoms with Gasteiger partial charge in [-0.15, -0.1) is 0 Å². The lowest BCUT2D eigenvalue weighted by molar-refractivity contribution is -0.141. The van der Waals surface area contributed by atoms with Crippen LogP contribution in [-0.2, 0) is 10.9 Å². The van der Waals surface area contributed by atoms with E-state index in [1.54, 1.807) is 12.1 Å². The van der Waals surface area contributed by atoms with Crippen LogP contribution in [0.5, 0.6) is 0 Å². The number of aromatic nitrogens is 2. The molecule has 4 nitrogen and oxygen atoms in total. The Hall–Kier alpha value is -2.15. The van der Waals surface area contributed by atoms with Crippen LogP contribution in [0.15, 0.2) is 30.3 Å². The molecule has 0 saturated carbocycles. The molecule has 1 aromatic heterocycles. The van der Waals surface area contributed by atoms with E-state index in [0.29, 0.717) is 18.7 Å². The van der Waals surface area contributed by atoms with Crippen LogP contribution in [-0.4, -0.2) is 29.2 Å². The molecule has 1 N–H and O–H groups in total. The highest BCUT2D eigenvalue weighted by atomic mass is 19.4. The molecule has 3 rings (SSSR count). The Bertz CT molecular complexity index is 695. The zero-order chi connectivity index (χ0) is 17.2. The second-order valence-electron chi connectivity index (χ2n) is 5.84. The molecule has 128 valence electrons. The summed E-state index contributed by atoms with van der Waals surface area (Å²) in [5.41, 5.74) is 0.935. The lowest BCUT2D eigenvalue weighted by Crippen LogP contribution is -2.21. The average Bonchev–Trinajstić information content (AvgIpc) is 3.06. The normalized spacial score (nSPS) is 17.9. The summed E-state index contributed by atoms with van der Waals surface area (Å²) < 4.78 is 44.8. The molecular weight excluding hydrogens is 319 g/mol. The molecule has 1 atom stereocenters. The lowest BCUT2D eigenvalue weighted by Gasteiger charge is -2.14. The number of aryl methyl sites for hydroxylation is 1. The zero-order valence-corrected chi connectivity index (χ0v) is 13.2. The predicted octanol–water partition coefficient (Wildman–Crippen LogP) is 4.06. The highest BCUT2D eigenvalue weighted by Gasteiger charge is 2.34. The van der Waals surface area contributed by atoms with E-state index in [4.69, 9.17) is 4.74 Å². The molecule has 0 radical (unpaired) electrons. The Morgan fingerprint density at radius 2 is 1.96 bits per heavy atom. The molecule has 1 fully saturated rings. The number of ether oxygens (including phenoxy) is 1. The van der Waals surface area contributed by atoms with Gasteiger partial charge in [-0.3, -0.25) is 0 Å². The highest BCUT2D eigenvalue weighted by Crippen LogP contribution is 2.31. The standard InChI is InChI=1S/C17H18F3N3O/c1-11-4-6-12(7-5-11)14-9-15(17(18,19)20)23-16(22-14)21-10-13-3-2-8-24-13/h4-7,9,13H,2-3,8,10H2,1H3,(H,21,22,23). The van der Waals surface area contributed by atoms with Gasteiger partial charge in [-0.1, -0.05) is 29.8 Å². The van der Waals surface area contributed by atoms with Gasteiger partial charge in [0.15, 0.2) is 5.69 Å². The van der Waals surface area contributed by atoms with Gasteiger partial charge in [0.2, 0.25) is 5.95 Å². The number of nitrogens with zero attached hydrogens (tertiary/aromatic N) is 2. The van der Waals surface area contributed by atoms with E-state index in [0.717, 1.165) is 24.5 Å². The monoisotopic (exact) mass is 337 g/mol. The van der Waals surface area contributed by atoms with Crippen LogP contribution in [0.4, 0.5) is 19.1 Å². The second kappa shape index (κ2) is 6.76. The number of rotatable bonds is 4. The Kier molecular flexibility index (Phi) is 4.71. The Balaban J connectivity index is 1.89. The van der Waals surface area contributed by atoms with Crippen molar-refractivity contribution in [1.82, 2.24) is 9.97 Å². The molecule has 1 aliphatic rings. The second-order valence-corrected chi connectivity index (χ2v) is 5.84. The summed E-state index contributed by atoms with van der Waals surface area (Å²) in [6.07, 6.45) is -2.69. The molecule has 0 amide bonds. The van der Waals surface area contributed by atoms with Crippen molar-refractivity contribution in [3.05, 3.63) is 41.6 Å². The molecule has 2 aromatic rings. The Labute approximate surface area is 138 Å². The molecule has 1 aliphatic heterocycles. The average molecular weight is 337 g/mol. The van der Waals surface area contributed by atoms with E-state index in [-0.39, 0.29) is 17.7 Å². The largest absolute Gasteiger partial charge is 0.433 e. The van der Waals surface area contributed by atoms with Gasteiger partial charge in [-0.25, -0.2) is 9.97 Å². The van der Waals surface area contributed by atoms with Crippen molar-refractivity contribution in [2.24, 2.45) is 0 Å². The summed E-state index contributed by atoms with van der Waals surface area (Å²) in [6.45, 7) is 3.00. The number of anilines is 1. The number of benzene rings is 1. The van der Waals surface area contributed by atoms with Crippen molar-refractivity contribution in [3.63, 3.8) is 0 Å². The maximum atomic E-state index is 13.1. The van der Waals surface area contributed by atoms with Crippen molar-refractivity contribution in [3.8, 4) is 11.3 Å². The molecule has 0 bridgehead atoms. The number of hydrogen-bond acceptors (Lipinski definition) is 4. The van der Waals surface area contributed by atoms with E-state index in [9.17, 15) is 13.2 Å². The Morgan fingerprint density at radius 3 is 2.58 bits per heavy atom. The van der Waals surface area contributed by atoms with Crippen molar-refractivity contribution in [1.29, 1.82) is 0 Å². The minimum atomic E-state index is -4.53. The van der Waals surface area contributed by atoms with Crippen molar-refractivity contribution in [2.75, 3.05) is 18.5 Å². The number of alkyl halides is 3. The minimum absolute atomic E-state index is 0.00836. The van der Waals surface area contributed by atoms with Crippen LogP contribution in [0.3, 0.4) is 0 Å². The fourth-order valence-corrected chi connectivity index (χ4v) is 2.55. The van der Waals surface area contributed by atoms with E-state index >= 15 is 0 Å². The van der Waals surface area contributed by atoms with E-state index in [1.807, 2.05) is 19.1 Å². The van der Waals surface area contributed by atoms with Crippen LogP contribution in [0, 0.1) is 6.92 Å². The summed E-state index contributed by atoms with van der Waals surface area (Å²) >= 11 is 0.